The number of carbonyl (C=O) groups is 1. The lowest BCUT2D eigenvalue weighted by molar-refractivity contribution is 0.131. The van der Waals surface area contributed by atoms with Gasteiger partial charge in [-0.1, -0.05) is 18.2 Å². The van der Waals surface area contributed by atoms with E-state index >= 15 is 0 Å². The zero-order chi connectivity index (χ0) is 18.6. The summed E-state index contributed by atoms with van der Waals surface area (Å²) in [7, 11) is -3.45. The quantitative estimate of drug-likeness (QED) is 0.845. The van der Waals surface area contributed by atoms with Gasteiger partial charge in [0.1, 0.15) is 9.96 Å². The summed E-state index contributed by atoms with van der Waals surface area (Å²) in [6.07, 6.45) is 1.13. The molecule has 3 rings (SSSR count). The Morgan fingerprint density at radius 2 is 1.88 bits per heavy atom. The van der Waals surface area contributed by atoms with Gasteiger partial charge in [0.25, 0.3) is 0 Å². The third kappa shape index (κ3) is 4.84. The number of aryl methyl sites for hydroxylation is 1. The van der Waals surface area contributed by atoms with Crippen LogP contribution in [-0.4, -0.2) is 39.0 Å². The van der Waals surface area contributed by atoms with E-state index in [1.54, 1.807) is 29.2 Å². The Labute approximate surface area is 157 Å². The number of nitrogens with zero attached hydrogens (tertiary/aromatic N) is 1. The van der Waals surface area contributed by atoms with E-state index in [4.69, 9.17) is 4.74 Å². The molecule has 0 aliphatic carbocycles. The molecule has 1 amide bonds. The second kappa shape index (κ2) is 8.20. The number of rotatable bonds is 5. The average molecular weight is 395 g/mol. The van der Waals surface area contributed by atoms with Gasteiger partial charge in [-0.15, -0.1) is 11.3 Å². The lowest BCUT2D eigenvalue weighted by Gasteiger charge is -2.31. The van der Waals surface area contributed by atoms with Crippen molar-refractivity contribution in [1.29, 1.82) is 0 Å². The largest absolute Gasteiger partial charge is 0.415 e. The normalized spacial score (nSPS) is 15.8. The number of hydrogen-bond acceptors (Lipinski definition) is 5. The number of thiophene rings is 1. The van der Waals surface area contributed by atoms with Crippen LogP contribution < -0.4 is 9.46 Å². The summed E-state index contributed by atoms with van der Waals surface area (Å²) in [5, 5.41) is 0. The number of hydrogen-bond donors (Lipinski definition) is 1. The lowest BCUT2D eigenvalue weighted by atomic mass is 9.97. The minimum absolute atomic E-state index is 0.214. The molecule has 0 atom stereocenters. The van der Waals surface area contributed by atoms with Gasteiger partial charge in [-0.05, 0) is 49.9 Å². The molecule has 0 saturated carbocycles. The Morgan fingerprint density at radius 1 is 1.19 bits per heavy atom. The highest BCUT2D eigenvalue weighted by molar-refractivity contribution is 7.91. The highest BCUT2D eigenvalue weighted by Crippen LogP contribution is 2.22. The topological polar surface area (TPSA) is 75.7 Å². The van der Waals surface area contributed by atoms with Crippen molar-refractivity contribution < 1.29 is 17.9 Å². The van der Waals surface area contributed by atoms with Crippen molar-refractivity contribution in [3.8, 4) is 5.75 Å². The number of sulfonamides is 1. The first kappa shape index (κ1) is 18.9. The molecule has 1 aliphatic heterocycles. The predicted molar refractivity (Wildman–Crippen MR) is 101 cm³/mol. The minimum Gasteiger partial charge on any atom is -0.410 e. The highest BCUT2D eigenvalue weighted by Gasteiger charge is 2.26. The molecule has 1 aromatic heterocycles. The van der Waals surface area contributed by atoms with E-state index in [9.17, 15) is 13.2 Å². The van der Waals surface area contributed by atoms with Crippen LogP contribution in [0.25, 0.3) is 0 Å². The molecule has 2 heterocycles. The fourth-order valence-electron chi connectivity index (χ4n) is 2.83. The third-order valence-electron chi connectivity index (χ3n) is 4.36. The monoisotopic (exact) mass is 394 g/mol. The second-order valence-corrected chi connectivity index (χ2v) is 9.61. The molecular formula is C18H22N2O4S2. The van der Waals surface area contributed by atoms with Crippen LogP contribution in [0.1, 0.15) is 17.7 Å². The Bertz CT molecular complexity index is 841. The number of carbonyl (C=O) groups excluding carboxylic acids is 1. The van der Waals surface area contributed by atoms with Crippen LogP contribution in [0.4, 0.5) is 4.79 Å². The number of piperidine rings is 1. The summed E-state index contributed by atoms with van der Waals surface area (Å²) in [6.45, 7) is 3.40. The van der Waals surface area contributed by atoms with Gasteiger partial charge in [-0.2, -0.15) is 0 Å². The first-order chi connectivity index (χ1) is 12.4. The second-order valence-electron chi connectivity index (χ2n) is 6.33. The molecule has 1 aliphatic rings. The van der Waals surface area contributed by atoms with Crippen LogP contribution in [-0.2, 0) is 10.0 Å². The SMILES string of the molecule is Cc1ccc(S(=O)(=O)NCC2CCN(C(=O)Oc3ccccc3)CC2)s1. The van der Waals surface area contributed by atoms with Gasteiger partial charge in [0.05, 0.1) is 0 Å². The summed E-state index contributed by atoms with van der Waals surface area (Å²) in [6, 6.07) is 12.4. The van der Waals surface area contributed by atoms with E-state index < -0.39 is 10.0 Å². The molecule has 0 unspecified atom stereocenters. The highest BCUT2D eigenvalue weighted by atomic mass is 32.2. The molecule has 0 radical (unpaired) electrons. The summed E-state index contributed by atoms with van der Waals surface area (Å²) >= 11 is 1.27. The Kier molecular flexibility index (Phi) is 5.95. The van der Waals surface area contributed by atoms with E-state index in [1.165, 1.54) is 11.3 Å². The van der Waals surface area contributed by atoms with Crippen LogP contribution >= 0.6 is 11.3 Å². The van der Waals surface area contributed by atoms with Gasteiger partial charge in [0.2, 0.25) is 10.0 Å². The van der Waals surface area contributed by atoms with Crippen LogP contribution in [0.15, 0.2) is 46.7 Å². The standard InChI is InChI=1S/C18H22N2O4S2/c1-14-7-8-17(25-14)26(22,23)19-13-15-9-11-20(12-10-15)18(21)24-16-5-3-2-4-6-16/h2-8,15,19H,9-13H2,1H3. The van der Waals surface area contributed by atoms with Crippen molar-refractivity contribution in [2.24, 2.45) is 5.92 Å². The summed E-state index contributed by atoms with van der Waals surface area (Å²) in [5.74, 6) is 0.741. The maximum atomic E-state index is 12.3. The first-order valence-corrected chi connectivity index (χ1v) is 10.8. The number of amides is 1. The van der Waals surface area contributed by atoms with E-state index in [-0.39, 0.29) is 12.0 Å². The number of ether oxygens (including phenoxy) is 1. The van der Waals surface area contributed by atoms with Crippen LogP contribution in [0.3, 0.4) is 0 Å². The van der Waals surface area contributed by atoms with Crippen LogP contribution in [0, 0.1) is 12.8 Å². The molecule has 140 valence electrons. The van der Waals surface area contributed by atoms with Gasteiger partial charge < -0.3 is 9.64 Å². The smallest absolute Gasteiger partial charge is 0.410 e. The molecule has 2 aromatic rings. The Balaban J connectivity index is 1.46. The van der Waals surface area contributed by atoms with Gasteiger partial charge in [0, 0.05) is 24.5 Å². The maximum absolute atomic E-state index is 12.3. The molecule has 1 N–H and O–H groups in total. The van der Waals surface area contributed by atoms with E-state index in [0.717, 1.165) is 17.7 Å². The van der Waals surface area contributed by atoms with Gasteiger partial charge >= 0.3 is 6.09 Å². The molecular weight excluding hydrogens is 372 g/mol. The van der Waals surface area contributed by atoms with Crippen molar-refractivity contribution in [2.75, 3.05) is 19.6 Å². The van der Waals surface area contributed by atoms with Crippen molar-refractivity contribution in [2.45, 2.75) is 24.0 Å². The number of nitrogens with one attached hydrogen (secondary N) is 1. The molecule has 0 bridgehead atoms. The number of likely N-dealkylation sites (tertiary alicyclic amines) is 1. The van der Waals surface area contributed by atoms with Crippen molar-refractivity contribution >= 4 is 27.5 Å². The van der Waals surface area contributed by atoms with Crippen molar-refractivity contribution in [3.63, 3.8) is 0 Å². The van der Waals surface area contributed by atoms with Crippen molar-refractivity contribution in [3.05, 3.63) is 47.3 Å². The average Bonchev–Trinajstić information content (AvgIpc) is 3.09. The van der Waals surface area contributed by atoms with E-state index in [0.29, 0.717) is 29.6 Å². The summed E-state index contributed by atoms with van der Waals surface area (Å²) < 4.78 is 32.9. The zero-order valence-corrected chi connectivity index (χ0v) is 16.2. The first-order valence-electron chi connectivity index (χ1n) is 8.52. The van der Waals surface area contributed by atoms with Crippen molar-refractivity contribution in [1.82, 2.24) is 9.62 Å². The molecule has 8 heteroatoms. The summed E-state index contributed by atoms with van der Waals surface area (Å²) in [4.78, 5) is 14.8. The lowest BCUT2D eigenvalue weighted by Crippen LogP contribution is -2.42. The maximum Gasteiger partial charge on any atom is 0.415 e. The fraction of sp³-hybridized carbons (Fsp3) is 0.389. The fourth-order valence-corrected chi connectivity index (χ4v) is 5.27. The van der Waals surface area contributed by atoms with E-state index in [1.807, 2.05) is 25.1 Å². The molecule has 26 heavy (non-hydrogen) atoms. The molecule has 1 saturated heterocycles. The minimum atomic E-state index is -3.45. The Hall–Kier alpha value is -1.90. The zero-order valence-electron chi connectivity index (χ0n) is 14.6. The number of benzene rings is 1. The molecule has 6 nitrogen and oxygen atoms in total. The van der Waals surface area contributed by atoms with Crippen LogP contribution in [0.5, 0.6) is 5.75 Å². The summed E-state index contributed by atoms with van der Waals surface area (Å²) in [5.41, 5.74) is 0. The molecule has 1 aromatic carbocycles. The molecule has 1 fully saturated rings. The van der Waals surface area contributed by atoms with Gasteiger partial charge in [-0.3, -0.25) is 0 Å². The molecule has 0 spiro atoms. The van der Waals surface area contributed by atoms with Crippen LogP contribution in [0.2, 0.25) is 0 Å². The Morgan fingerprint density at radius 3 is 2.50 bits per heavy atom. The third-order valence-corrected chi connectivity index (χ3v) is 7.28. The number of para-hydroxylation sites is 1. The van der Waals surface area contributed by atoms with Gasteiger partial charge in [0.15, 0.2) is 0 Å². The van der Waals surface area contributed by atoms with Gasteiger partial charge in [-0.25, -0.2) is 17.9 Å². The predicted octanol–water partition coefficient (Wildman–Crippen LogP) is 3.25. The van der Waals surface area contributed by atoms with E-state index in [2.05, 4.69) is 4.72 Å².